The van der Waals surface area contributed by atoms with E-state index >= 15 is 0 Å². The minimum absolute atomic E-state index is 0.108. The minimum atomic E-state index is -0.548. The van der Waals surface area contributed by atoms with Gasteiger partial charge in [0.15, 0.2) is 5.75 Å². The fourth-order valence-corrected chi connectivity index (χ4v) is 2.47. The maximum absolute atomic E-state index is 10.7. The predicted molar refractivity (Wildman–Crippen MR) is 91.4 cm³/mol. The number of carbonyl (C=O) groups excluding carboxylic acids is 1. The molecular formula is C17H18N4O2. The van der Waals surface area contributed by atoms with Gasteiger partial charge in [0.05, 0.1) is 22.9 Å². The highest BCUT2D eigenvalue weighted by atomic mass is 16.3. The van der Waals surface area contributed by atoms with Gasteiger partial charge in [-0.2, -0.15) is 0 Å². The van der Waals surface area contributed by atoms with Crippen LogP contribution in [0.4, 0.5) is 11.4 Å². The SMILES string of the molecule is NC(C=O)Cc1c[nH]c2c(O)c(NNc3ccccc3)ccc12. The first-order valence-corrected chi connectivity index (χ1v) is 7.29. The Morgan fingerprint density at radius 2 is 1.96 bits per heavy atom. The number of aromatic nitrogens is 1. The summed E-state index contributed by atoms with van der Waals surface area (Å²) < 4.78 is 0. The van der Waals surface area contributed by atoms with Gasteiger partial charge in [-0.25, -0.2) is 0 Å². The highest BCUT2D eigenvalue weighted by molar-refractivity contribution is 5.93. The number of hydrogen-bond donors (Lipinski definition) is 5. The molecule has 3 aromatic rings. The molecule has 0 amide bonds. The smallest absolute Gasteiger partial charge is 0.164 e. The lowest BCUT2D eigenvalue weighted by atomic mass is 10.1. The summed E-state index contributed by atoms with van der Waals surface area (Å²) in [5.41, 5.74) is 14.6. The highest BCUT2D eigenvalue weighted by Crippen LogP contribution is 2.33. The van der Waals surface area contributed by atoms with E-state index in [9.17, 15) is 9.90 Å². The fraction of sp³-hybridized carbons (Fsp3) is 0.118. The third-order valence-corrected chi connectivity index (χ3v) is 3.66. The van der Waals surface area contributed by atoms with Gasteiger partial charge in [-0.15, -0.1) is 0 Å². The molecule has 1 heterocycles. The molecule has 0 saturated heterocycles. The normalized spacial score (nSPS) is 12.0. The number of hydrogen-bond acceptors (Lipinski definition) is 5. The van der Waals surface area contributed by atoms with Crippen molar-refractivity contribution in [2.24, 2.45) is 5.73 Å². The number of phenols is 1. The van der Waals surface area contributed by atoms with Crippen molar-refractivity contribution >= 4 is 28.6 Å². The van der Waals surface area contributed by atoms with Crippen molar-refractivity contribution in [3.05, 3.63) is 54.2 Å². The lowest BCUT2D eigenvalue weighted by Crippen LogP contribution is -2.23. The number of hydrazine groups is 1. The number of nitrogens with two attached hydrogens (primary N) is 1. The van der Waals surface area contributed by atoms with Crippen LogP contribution in [0.5, 0.6) is 5.75 Å². The zero-order valence-corrected chi connectivity index (χ0v) is 12.4. The Balaban J connectivity index is 1.83. The van der Waals surface area contributed by atoms with Gasteiger partial charge >= 0.3 is 0 Å². The summed E-state index contributed by atoms with van der Waals surface area (Å²) in [7, 11) is 0. The molecule has 23 heavy (non-hydrogen) atoms. The second kappa shape index (κ2) is 6.41. The first kappa shape index (κ1) is 14.9. The van der Waals surface area contributed by atoms with Crippen LogP contribution in [-0.2, 0) is 11.2 Å². The van der Waals surface area contributed by atoms with Crippen LogP contribution in [0.2, 0.25) is 0 Å². The van der Waals surface area contributed by atoms with E-state index in [4.69, 9.17) is 5.73 Å². The van der Waals surface area contributed by atoms with Crippen LogP contribution in [0.15, 0.2) is 48.7 Å². The van der Waals surface area contributed by atoms with Gasteiger partial charge in [0.1, 0.15) is 6.29 Å². The Bertz CT molecular complexity index is 814. The Morgan fingerprint density at radius 1 is 1.17 bits per heavy atom. The first-order valence-electron chi connectivity index (χ1n) is 7.29. The van der Waals surface area contributed by atoms with Crippen molar-refractivity contribution in [1.29, 1.82) is 0 Å². The van der Waals surface area contributed by atoms with Crippen LogP contribution < -0.4 is 16.6 Å². The number of aldehydes is 1. The molecule has 6 nitrogen and oxygen atoms in total. The van der Waals surface area contributed by atoms with Crippen molar-refractivity contribution in [2.75, 3.05) is 10.9 Å². The topological polar surface area (TPSA) is 103 Å². The molecule has 6 heteroatoms. The van der Waals surface area contributed by atoms with Gasteiger partial charge in [0, 0.05) is 11.6 Å². The van der Waals surface area contributed by atoms with Crippen molar-refractivity contribution < 1.29 is 9.90 Å². The van der Waals surface area contributed by atoms with Crippen LogP contribution in [0, 0.1) is 0 Å². The summed E-state index contributed by atoms with van der Waals surface area (Å²) in [6.45, 7) is 0. The van der Waals surface area contributed by atoms with Crippen molar-refractivity contribution in [2.45, 2.75) is 12.5 Å². The Hall–Kier alpha value is -2.99. The standard InChI is InChI=1S/C17H18N4O2/c18-12(10-22)8-11-9-19-16-14(11)6-7-15(17(16)23)21-20-13-4-2-1-3-5-13/h1-7,9-10,12,19-21,23H,8,18H2. The van der Waals surface area contributed by atoms with E-state index in [0.717, 1.165) is 22.9 Å². The number of para-hydroxylation sites is 1. The number of rotatable bonds is 6. The van der Waals surface area contributed by atoms with E-state index in [0.29, 0.717) is 17.6 Å². The molecule has 0 bridgehead atoms. The zero-order valence-electron chi connectivity index (χ0n) is 12.4. The van der Waals surface area contributed by atoms with Gasteiger partial charge in [-0.3, -0.25) is 5.43 Å². The van der Waals surface area contributed by atoms with Crippen LogP contribution in [-0.4, -0.2) is 22.4 Å². The number of phenolic OH excluding ortho intramolecular Hbond substituents is 1. The second-order valence-electron chi connectivity index (χ2n) is 5.32. The molecule has 1 aromatic heterocycles. The van der Waals surface area contributed by atoms with Crippen molar-refractivity contribution in [3.63, 3.8) is 0 Å². The van der Waals surface area contributed by atoms with E-state index in [1.165, 1.54) is 0 Å². The van der Waals surface area contributed by atoms with E-state index in [1.807, 2.05) is 36.4 Å². The number of anilines is 2. The maximum atomic E-state index is 10.7. The summed E-state index contributed by atoms with van der Waals surface area (Å²) >= 11 is 0. The Kier molecular flexibility index (Phi) is 4.16. The summed E-state index contributed by atoms with van der Waals surface area (Å²) in [5.74, 6) is 0.108. The summed E-state index contributed by atoms with van der Waals surface area (Å²) in [6, 6.07) is 12.7. The van der Waals surface area contributed by atoms with Gasteiger partial charge < -0.3 is 26.0 Å². The number of nitrogens with one attached hydrogen (secondary N) is 3. The number of fused-ring (bicyclic) bond motifs is 1. The minimum Gasteiger partial charge on any atom is -0.504 e. The summed E-state index contributed by atoms with van der Waals surface area (Å²) in [5, 5.41) is 11.2. The average molecular weight is 310 g/mol. The van der Waals surface area contributed by atoms with Crippen molar-refractivity contribution in [1.82, 2.24) is 4.98 Å². The van der Waals surface area contributed by atoms with Crippen LogP contribution >= 0.6 is 0 Å². The third-order valence-electron chi connectivity index (χ3n) is 3.66. The van der Waals surface area contributed by atoms with Crippen LogP contribution in [0.1, 0.15) is 5.56 Å². The molecule has 0 fully saturated rings. The van der Waals surface area contributed by atoms with Gasteiger partial charge in [-0.05, 0) is 30.2 Å². The molecule has 118 valence electrons. The van der Waals surface area contributed by atoms with Crippen molar-refractivity contribution in [3.8, 4) is 5.75 Å². The van der Waals surface area contributed by atoms with Gasteiger partial charge in [0.2, 0.25) is 0 Å². The average Bonchev–Trinajstić information content (AvgIpc) is 2.99. The maximum Gasteiger partial charge on any atom is 0.164 e. The highest BCUT2D eigenvalue weighted by Gasteiger charge is 2.13. The molecule has 6 N–H and O–H groups in total. The third kappa shape index (κ3) is 3.12. The molecule has 0 radical (unpaired) electrons. The van der Waals surface area contributed by atoms with Gasteiger partial charge in [0.25, 0.3) is 0 Å². The molecule has 2 aromatic carbocycles. The molecule has 1 atom stereocenters. The molecule has 3 rings (SSSR count). The van der Waals surface area contributed by atoms with Gasteiger partial charge in [-0.1, -0.05) is 24.3 Å². The second-order valence-corrected chi connectivity index (χ2v) is 5.32. The lowest BCUT2D eigenvalue weighted by Gasteiger charge is -2.12. The largest absolute Gasteiger partial charge is 0.504 e. The van der Waals surface area contributed by atoms with E-state index in [2.05, 4.69) is 15.8 Å². The Morgan fingerprint density at radius 3 is 2.70 bits per heavy atom. The molecule has 1 unspecified atom stereocenters. The van der Waals surface area contributed by atoms with Crippen LogP contribution in [0.3, 0.4) is 0 Å². The molecule has 0 aliphatic rings. The zero-order chi connectivity index (χ0) is 16.2. The summed E-state index contributed by atoms with van der Waals surface area (Å²) in [6.07, 6.45) is 2.92. The van der Waals surface area contributed by atoms with E-state index in [1.54, 1.807) is 12.3 Å². The lowest BCUT2D eigenvalue weighted by molar-refractivity contribution is -0.108. The Labute approximate surface area is 133 Å². The first-order chi connectivity index (χ1) is 11.2. The van der Waals surface area contributed by atoms with E-state index in [-0.39, 0.29) is 5.75 Å². The number of aromatic amines is 1. The molecular weight excluding hydrogens is 292 g/mol. The molecule has 0 aliphatic heterocycles. The summed E-state index contributed by atoms with van der Waals surface area (Å²) in [4.78, 5) is 13.7. The monoisotopic (exact) mass is 310 g/mol. The van der Waals surface area contributed by atoms with Crippen LogP contribution in [0.25, 0.3) is 10.9 Å². The molecule has 0 aliphatic carbocycles. The number of benzene rings is 2. The quantitative estimate of drug-likeness (QED) is 0.273. The molecule has 0 saturated carbocycles. The number of aromatic hydroxyl groups is 1. The number of H-pyrrole nitrogens is 1. The van der Waals surface area contributed by atoms with E-state index < -0.39 is 6.04 Å². The molecule has 0 spiro atoms. The fourth-order valence-electron chi connectivity index (χ4n) is 2.47. The predicted octanol–water partition coefficient (Wildman–Crippen LogP) is 2.38. The number of carbonyl (C=O) groups is 1.